The molecule has 7 aromatic rings. The SMILES string of the molecule is CC1CC1.CNc1cc(COc2c(-c3c(C)c(F)cc(N)c3C=N)ccc3c(N4CC5CC4CN5)nc(OC4CCOCC4)nc23)ccc1-c1cn(C(C(=O)N2CCCC2C(=O)NCc2ccc(-c3ccnn3CC3(O)CC3)cc2)C(C)C)nc1C=O.CO. The number of rotatable bonds is 20. The van der Waals surface area contributed by atoms with Gasteiger partial charge in [0.25, 0.3) is 0 Å². The number of carbonyl (C=O) groups excluding carboxylic acids is 3. The van der Waals surface area contributed by atoms with Crippen molar-refractivity contribution >= 4 is 52.4 Å². The molecule has 4 aliphatic heterocycles. The molecular weight excluding hydrogens is 1130 g/mol. The topological polar surface area (TPSA) is 273 Å². The lowest BCUT2D eigenvalue weighted by atomic mass is 9.92. The third kappa shape index (κ3) is 13.4. The number of amides is 2. The Labute approximate surface area is 518 Å². The molecule has 4 aromatic carbocycles. The van der Waals surface area contributed by atoms with E-state index in [9.17, 15) is 19.5 Å². The normalized spacial score (nSPS) is 19.5. The molecule has 4 atom stereocenters. The monoisotopic (exact) mass is 1220 g/mol. The molecule has 4 unspecified atom stereocenters. The highest BCUT2D eigenvalue weighted by Gasteiger charge is 2.43. The zero-order chi connectivity index (χ0) is 62.7. The molecule has 3 aromatic heterocycles. The first-order chi connectivity index (χ1) is 43.1. The van der Waals surface area contributed by atoms with Gasteiger partial charge in [0, 0.05) is 128 Å². The highest BCUT2D eigenvalue weighted by molar-refractivity contribution is 6.04. The maximum atomic E-state index is 15.8. The second-order valence-electron chi connectivity index (χ2n) is 24.8. The predicted octanol–water partition coefficient (Wildman–Crippen LogP) is 8.65. The number of carbonyl (C=O) groups is 3. The number of nitrogens with two attached hydrogens (primary N) is 1. The number of nitrogens with zero attached hydrogens (tertiary/aromatic N) is 8. The van der Waals surface area contributed by atoms with Crippen LogP contribution in [0.1, 0.15) is 117 Å². The first-order valence-corrected chi connectivity index (χ1v) is 31.1. The quantitative estimate of drug-likeness (QED) is 0.0214. The lowest BCUT2D eigenvalue weighted by Gasteiger charge is -2.30. The van der Waals surface area contributed by atoms with E-state index >= 15 is 4.39 Å². The summed E-state index contributed by atoms with van der Waals surface area (Å²) >= 11 is 0. The Balaban J connectivity index is 0.00000130. The van der Waals surface area contributed by atoms with Gasteiger partial charge < -0.3 is 61.3 Å². The minimum absolute atomic E-state index is 0.0129. The van der Waals surface area contributed by atoms with Crippen LogP contribution in [-0.2, 0) is 34.0 Å². The van der Waals surface area contributed by atoms with E-state index in [1.54, 1.807) is 35.9 Å². The van der Waals surface area contributed by atoms with Crippen molar-refractivity contribution in [3.63, 3.8) is 0 Å². The predicted molar refractivity (Wildman–Crippen MR) is 340 cm³/mol. The molecule has 7 heterocycles. The minimum Gasteiger partial charge on any atom is -0.486 e. The molecule has 2 saturated carbocycles. The summed E-state index contributed by atoms with van der Waals surface area (Å²) < 4.78 is 38.3. The number of hydrogen-bond acceptors (Lipinski definition) is 17. The van der Waals surface area contributed by atoms with Crippen molar-refractivity contribution in [1.29, 1.82) is 5.41 Å². The van der Waals surface area contributed by atoms with Gasteiger partial charge >= 0.3 is 6.01 Å². The Morgan fingerprint density at radius 1 is 0.989 bits per heavy atom. The van der Waals surface area contributed by atoms with E-state index in [0.717, 1.165) is 79.4 Å². The molecule has 2 bridgehead atoms. The Morgan fingerprint density at radius 2 is 1.73 bits per heavy atom. The van der Waals surface area contributed by atoms with Crippen molar-refractivity contribution in [2.75, 3.05) is 63.0 Å². The Hall–Kier alpha value is -8.31. The van der Waals surface area contributed by atoms with Crippen LogP contribution in [0.2, 0.25) is 0 Å². The molecule has 2 aliphatic carbocycles. The van der Waals surface area contributed by atoms with E-state index in [4.69, 9.17) is 45.5 Å². The summed E-state index contributed by atoms with van der Waals surface area (Å²) in [5.74, 6) is 0.838. The summed E-state index contributed by atoms with van der Waals surface area (Å²) in [6, 6.07) is 19.7. The van der Waals surface area contributed by atoms with E-state index in [1.807, 2.05) is 79.2 Å². The van der Waals surface area contributed by atoms with E-state index in [-0.39, 0.29) is 60.4 Å². The third-order valence-corrected chi connectivity index (χ3v) is 18.0. The molecule has 6 fully saturated rings. The van der Waals surface area contributed by atoms with Crippen LogP contribution in [0.3, 0.4) is 0 Å². The van der Waals surface area contributed by atoms with Gasteiger partial charge in [-0.05, 0) is 103 Å². The third-order valence-electron chi connectivity index (χ3n) is 18.0. The first kappa shape index (κ1) is 62.3. The lowest BCUT2D eigenvalue weighted by molar-refractivity contribution is -0.142. The zero-order valence-electron chi connectivity index (χ0n) is 51.6. The van der Waals surface area contributed by atoms with Crippen LogP contribution < -0.4 is 36.1 Å². The number of benzene rings is 4. The fourth-order valence-electron chi connectivity index (χ4n) is 12.7. The molecule has 89 heavy (non-hydrogen) atoms. The number of aldehydes is 1. The van der Waals surface area contributed by atoms with E-state index in [0.29, 0.717) is 120 Å². The number of aliphatic hydroxyl groups is 2. The molecule has 470 valence electrons. The number of nitrogens with one attached hydrogen (secondary N) is 4. The summed E-state index contributed by atoms with van der Waals surface area (Å²) in [5.41, 5.74) is 13.3. The number of hydrogen-bond donors (Lipinski definition) is 7. The van der Waals surface area contributed by atoms with Crippen molar-refractivity contribution in [2.45, 2.75) is 141 Å². The van der Waals surface area contributed by atoms with Gasteiger partial charge in [0.2, 0.25) is 11.8 Å². The first-order valence-electron chi connectivity index (χ1n) is 31.1. The second-order valence-corrected chi connectivity index (χ2v) is 24.8. The number of piperazine rings is 1. The van der Waals surface area contributed by atoms with Gasteiger partial charge in [0.15, 0.2) is 12.0 Å². The van der Waals surface area contributed by atoms with E-state index < -0.39 is 23.5 Å². The molecule has 0 radical (unpaired) electrons. The van der Waals surface area contributed by atoms with Gasteiger partial charge in [-0.15, -0.1) is 0 Å². The molecule has 13 rings (SSSR count). The van der Waals surface area contributed by atoms with Gasteiger partial charge in [-0.3, -0.25) is 23.7 Å². The van der Waals surface area contributed by atoms with Crippen molar-refractivity contribution in [3.8, 4) is 45.3 Å². The maximum absolute atomic E-state index is 15.8. The molecule has 21 nitrogen and oxygen atoms in total. The minimum atomic E-state index is -0.826. The molecule has 22 heteroatoms. The number of likely N-dealkylation sites (tertiary alicyclic amines) is 1. The Kier molecular flexibility index (Phi) is 18.8. The fourth-order valence-corrected chi connectivity index (χ4v) is 12.7. The highest BCUT2D eigenvalue weighted by Crippen LogP contribution is 2.46. The molecule has 8 N–H and O–H groups in total. The average Bonchev–Trinajstić information content (AvgIpc) is 1.29. The van der Waals surface area contributed by atoms with Gasteiger partial charge in [-0.2, -0.15) is 20.2 Å². The second kappa shape index (κ2) is 26.8. The van der Waals surface area contributed by atoms with Gasteiger partial charge in [0.05, 0.1) is 31.1 Å². The van der Waals surface area contributed by atoms with Crippen molar-refractivity contribution in [3.05, 3.63) is 113 Å². The van der Waals surface area contributed by atoms with Crippen LogP contribution in [0, 0.1) is 30.0 Å². The highest BCUT2D eigenvalue weighted by atomic mass is 19.1. The number of aliphatic hydroxyl groups excluding tert-OH is 1. The summed E-state index contributed by atoms with van der Waals surface area (Å²) in [7, 11) is 2.78. The number of halogens is 1. The smallest absolute Gasteiger partial charge is 0.319 e. The van der Waals surface area contributed by atoms with Crippen molar-refractivity contribution < 1.29 is 43.2 Å². The average molecular weight is 1220 g/mol. The molecule has 4 saturated heterocycles. The van der Waals surface area contributed by atoms with E-state index in [2.05, 4.69) is 32.9 Å². The standard InChI is InChI=1S/C62H70FN13O7.C4H8.CH4O/c1-35(2)56(60(79)73-21-5-6-53(73)59(78)68-28-37-7-10-39(11-8-37)52-15-20-69-76(52)34-62(80)18-19-62)75-31-47(51(32-77)72-75)43-12-9-38(24-50(43)66-4)33-82-57-44(54-36(3)48(63)26-49(65)46(54)27-64)13-14-45-55(57)70-61(83-42-16-22-81-23-17-42)71-58(45)74-30-40-25-41(74)29-67-40;1-4-2-3-4;1-2/h7-15,20,24,26-27,31-32,35,40-42,53,56,64,66-67,80H,5-6,16-19,21-23,25,28-30,33-34,65H2,1-4H3,(H,68,78);4H,2-3H2,1H3;2H,1H3. The number of aromatic nitrogens is 6. The molecular formula is C67H82FN13O8. The molecule has 6 aliphatic rings. The molecule has 2 amide bonds. The Morgan fingerprint density at radius 3 is 2.39 bits per heavy atom. The summed E-state index contributed by atoms with van der Waals surface area (Å²) in [4.78, 5) is 55.7. The van der Waals surface area contributed by atoms with Crippen LogP contribution in [0.5, 0.6) is 11.8 Å². The summed E-state index contributed by atoms with van der Waals surface area (Å²) in [6.07, 6.45) is 13.1. The number of ether oxygens (including phenoxy) is 3. The largest absolute Gasteiger partial charge is 0.486 e. The lowest BCUT2D eigenvalue weighted by Crippen LogP contribution is -2.48. The summed E-state index contributed by atoms with van der Waals surface area (Å²) in [6.45, 7) is 11.6. The van der Waals surface area contributed by atoms with Crippen LogP contribution in [0.15, 0.2) is 79.1 Å². The van der Waals surface area contributed by atoms with Gasteiger partial charge in [-0.1, -0.05) is 70.0 Å². The Bertz CT molecular complexity index is 3720. The van der Waals surface area contributed by atoms with Crippen LogP contribution in [0.4, 0.5) is 21.6 Å². The number of fused-ring (bicyclic) bond motifs is 3. The van der Waals surface area contributed by atoms with Crippen LogP contribution in [-0.4, -0.2) is 146 Å². The zero-order valence-corrected chi connectivity index (χ0v) is 51.6. The number of anilines is 3. The fraction of sp³-hybridized carbons (Fsp3) is 0.463. The van der Waals surface area contributed by atoms with Crippen LogP contribution >= 0.6 is 0 Å². The van der Waals surface area contributed by atoms with E-state index in [1.165, 1.54) is 18.9 Å². The van der Waals surface area contributed by atoms with Crippen LogP contribution in [0.25, 0.3) is 44.4 Å². The summed E-state index contributed by atoms with van der Waals surface area (Å²) in [5, 5.41) is 45.8. The van der Waals surface area contributed by atoms with Crippen molar-refractivity contribution in [2.24, 2.45) is 11.8 Å². The van der Waals surface area contributed by atoms with Crippen molar-refractivity contribution in [1.82, 2.24) is 45.1 Å². The van der Waals surface area contributed by atoms with Gasteiger partial charge in [-0.25, -0.2) is 4.39 Å². The number of nitrogen functional groups attached to an aromatic ring is 1. The molecule has 0 spiro atoms. The van der Waals surface area contributed by atoms with Gasteiger partial charge in [0.1, 0.15) is 47.6 Å². The maximum Gasteiger partial charge on any atom is 0.319 e.